The number of hydrogen-bond donors (Lipinski definition) is 1. The Morgan fingerprint density at radius 1 is 0.852 bits per heavy atom. The van der Waals surface area contributed by atoms with Gasteiger partial charge in [-0.25, -0.2) is 0 Å². The van der Waals surface area contributed by atoms with E-state index in [0.717, 1.165) is 34.8 Å². The van der Waals surface area contributed by atoms with E-state index in [1.165, 1.54) is 5.56 Å². The van der Waals surface area contributed by atoms with Gasteiger partial charge >= 0.3 is 0 Å². The maximum Gasteiger partial charge on any atom is 0.119 e. The molecule has 1 N–H and O–H groups in total. The van der Waals surface area contributed by atoms with E-state index < -0.39 is 0 Å². The molecule has 138 valence electrons. The Bertz CT molecular complexity index is 878. The van der Waals surface area contributed by atoms with Crippen molar-refractivity contribution in [1.29, 1.82) is 0 Å². The zero-order chi connectivity index (χ0) is 19.1. The first kappa shape index (κ1) is 19.7. The summed E-state index contributed by atoms with van der Waals surface area (Å²) in [4.78, 5) is 0.728. The van der Waals surface area contributed by atoms with E-state index in [2.05, 4.69) is 17.4 Å². The first-order valence-electron chi connectivity index (χ1n) is 8.61. The lowest BCUT2D eigenvalue weighted by molar-refractivity contribution is 0.306. The van der Waals surface area contributed by atoms with Crippen molar-refractivity contribution in [2.24, 2.45) is 0 Å². The molecule has 0 fully saturated rings. The average molecular weight is 416 g/mol. The van der Waals surface area contributed by atoms with Gasteiger partial charge in [0.15, 0.2) is 0 Å². The highest BCUT2D eigenvalue weighted by Crippen LogP contribution is 2.26. The first-order chi connectivity index (χ1) is 13.1. The molecular weight excluding hydrogens is 397 g/mol. The van der Waals surface area contributed by atoms with E-state index in [-0.39, 0.29) is 0 Å². The van der Waals surface area contributed by atoms with Crippen LogP contribution in [-0.4, -0.2) is 11.5 Å². The number of hydrogen-bond acceptors (Lipinski definition) is 2. The van der Waals surface area contributed by atoms with Crippen LogP contribution in [0.25, 0.3) is 0 Å². The Hall–Kier alpha value is -2.07. The molecule has 3 aromatic rings. The second-order valence-corrected chi connectivity index (χ2v) is 7.23. The lowest BCUT2D eigenvalue weighted by Crippen LogP contribution is -2.24. The molecule has 0 aliphatic rings. The van der Waals surface area contributed by atoms with Crippen molar-refractivity contribution in [2.75, 3.05) is 6.54 Å². The summed E-state index contributed by atoms with van der Waals surface area (Å²) < 4.78 is 5.79. The van der Waals surface area contributed by atoms with Crippen LogP contribution in [-0.2, 0) is 13.0 Å². The van der Waals surface area contributed by atoms with Gasteiger partial charge in [0.2, 0.25) is 0 Å². The lowest BCUT2D eigenvalue weighted by atomic mass is 10.1. The summed E-state index contributed by atoms with van der Waals surface area (Å²) in [5.41, 5.74) is 3.03. The van der Waals surface area contributed by atoms with Gasteiger partial charge in [0.25, 0.3) is 0 Å². The molecule has 0 aliphatic carbocycles. The molecule has 0 amide bonds. The Labute approximate surface area is 175 Å². The molecule has 0 aliphatic heterocycles. The Morgan fingerprint density at radius 2 is 1.52 bits per heavy atom. The molecule has 2 nitrogen and oxygen atoms in total. The van der Waals surface area contributed by atoms with Crippen LogP contribution in [0.3, 0.4) is 0 Å². The monoisotopic (exact) mass is 415 g/mol. The summed E-state index contributed by atoms with van der Waals surface area (Å²) in [5.74, 6) is 0.738. The summed E-state index contributed by atoms with van der Waals surface area (Å²) in [5, 5.41) is 4.50. The van der Waals surface area contributed by atoms with Gasteiger partial charge in [-0.2, -0.15) is 0 Å². The highest BCUT2D eigenvalue weighted by Gasteiger charge is 2.07. The minimum absolute atomic E-state index is 0.317. The maximum atomic E-state index is 6.17. The van der Waals surface area contributed by atoms with Crippen molar-refractivity contribution in [3.05, 3.63) is 99.5 Å². The third-order valence-electron chi connectivity index (χ3n) is 4.10. The quantitative estimate of drug-likeness (QED) is 0.472. The van der Waals surface area contributed by atoms with E-state index >= 15 is 0 Å². The molecule has 0 radical (unpaired) electrons. The molecule has 0 spiro atoms. The normalized spacial score (nSPS) is 10.4. The highest BCUT2D eigenvalue weighted by molar-refractivity contribution is 7.80. The number of nitrogens with one attached hydrogen (secondary N) is 1. The molecule has 27 heavy (non-hydrogen) atoms. The second kappa shape index (κ2) is 9.75. The smallest absolute Gasteiger partial charge is 0.119 e. The summed E-state index contributed by atoms with van der Waals surface area (Å²) in [6, 6.07) is 23.4. The minimum atomic E-state index is 0.317. The molecule has 0 aromatic heterocycles. The molecule has 0 saturated heterocycles. The molecule has 3 rings (SSSR count). The third-order valence-corrected chi connectivity index (χ3v) is 5.19. The summed E-state index contributed by atoms with van der Waals surface area (Å²) >= 11 is 17.8. The molecule has 0 heterocycles. The van der Waals surface area contributed by atoms with E-state index in [4.69, 9.17) is 40.2 Å². The van der Waals surface area contributed by atoms with Gasteiger partial charge in [-0.15, -0.1) is 0 Å². The van der Waals surface area contributed by atoms with E-state index in [9.17, 15) is 0 Å². The van der Waals surface area contributed by atoms with E-state index in [0.29, 0.717) is 16.7 Å². The molecule has 0 saturated carbocycles. The van der Waals surface area contributed by atoms with Gasteiger partial charge in [0.1, 0.15) is 17.3 Å². The second-order valence-electron chi connectivity index (χ2n) is 6.00. The number of rotatable bonds is 7. The van der Waals surface area contributed by atoms with Crippen molar-refractivity contribution in [3.8, 4) is 5.75 Å². The van der Waals surface area contributed by atoms with E-state index in [1.807, 2.05) is 48.5 Å². The molecule has 0 bridgehead atoms. The van der Waals surface area contributed by atoms with Crippen LogP contribution in [0.15, 0.2) is 72.8 Å². The van der Waals surface area contributed by atoms with Crippen LogP contribution in [0.4, 0.5) is 0 Å². The van der Waals surface area contributed by atoms with Crippen molar-refractivity contribution in [3.63, 3.8) is 0 Å². The van der Waals surface area contributed by atoms with Crippen LogP contribution >= 0.6 is 35.4 Å². The van der Waals surface area contributed by atoms with Gasteiger partial charge in [-0.3, -0.25) is 0 Å². The molecule has 0 atom stereocenters. The zero-order valence-electron chi connectivity index (χ0n) is 14.6. The van der Waals surface area contributed by atoms with Crippen LogP contribution in [0.2, 0.25) is 10.0 Å². The predicted molar refractivity (Wildman–Crippen MR) is 117 cm³/mol. The zero-order valence-corrected chi connectivity index (χ0v) is 17.0. The molecular formula is C22H19Cl2NOS. The fourth-order valence-corrected chi connectivity index (χ4v) is 3.34. The van der Waals surface area contributed by atoms with Crippen LogP contribution in [0, 0.1) is 0 Å². The van der Waals surface area contributed by atoms with Crippen molar-refractivity contribution < 1.29 is 4.74 Å². The van der Waals surface area contributed by atoms with Crippen LogP contribution < -0.4 is 10.1 Å². The number of benzene rings is 3. The van der Waals surface area contributed by atoms with Crippen molar-refractivity contribution in [2.45, 2.75) is 13.0 Å². The highest BCUT2D eigenvalue weighted by atomic mass is 35.5. The Morgan fingerprint density at radius 3 is 2.19 bits per heavy atom. The van der Waals surface area contributed by atoms with Gasteiger partial charge < -0.3 is 10.1 Å². The summed E-state index contributed by atoms with van der Waals surface area (Å²) in [7, 11) is 0. The fourth-order valence-electron chi connectivity index (χ4n) is 2.60. The van der Waals surface area contributed by atoms with Gasteiger partial charge in [-0.05, 0) is 48.4 Å². The SMILES string of the molecule is S=C(NCCc1ccccc1)c1ccc(OCc2c(Cl)cccc2Cl)cc1. The molecule has 0 unspecified atom stereocenters. The summed E-state index contributed by atoms with van der Waals surface area (Å²) in [6.07, 6.45) is 0.931. The summed E-state index contributed by atoms with van der Waals surface area (Å²) in [6.45, 7) is 1.11. The van der Waals surface area contributed by atoms with Gasteiger partial charge in [0.05, 0.1) is 0 Å². The largest absolute Gasteiger partial charge is 0.489 e. The lowest BCUT2D eigenvalue weighted by Gasteiger charge is -2.11. The molecule has 3 aromatic carbocycles. The predicted octanol–water partition coefficient (Wildman–Crippen LogP) is 6.08. The minimum Gasteiger partial charge on any atom is -0.489 e. The Kier molecular flexibility index (Phi) is 7.11. The van der Waals surface area contributed by atoms with Crippen LogP contribution in [0.5, 0.6) is 5.75 Å². The van der Waals surface area contributed by atoms with Gasteiger partial charge in [0, 0.05) is 27.7 Å². The molecule has 5 heteroatoms. The van der Waals surface area contributed by atoms with Crippen molar-refractivity contribution in [1.82, 2.24) is 5.32 Å². The topological polar surface area (TPSA) is 21.3 Å². The standard InChI is InChI=1S/C22H19Cl2NOS/c23-20-7-4-8-21(24)19(20)15-26-18-11-9-17(10-12-18)22(27)25-14-13-16-5-2-1-3-6-16/h1-12H,13-15H2,(H,25,27). The number of halogens is 2. The average Bonchev–Trinajstić information content (AvgIpc) is 2.69. The number of thiocarbonyl (C=S) groups is 1. The Balaban J connectivity index is 1.51. The van der Waals surface area contributed by atoms with Crippen molar-refractivity contribution >= 4 is 40.4 Å². The number of ether oxygens (including phenoxy) is 1. The van der Waals surface area contributed by atoms with Gasteiger partial charge in [-0.1, -0.05) is 71.8 Å². The fraction of sp³-hybridized carbons (Fsp3) is 0.136. The van der Waals surface area contributed by atoms with E-state index in [1.54, 1.807) is 12.1 Å². The maximum absolute atomic E-state index is 6.17. The third kappa shape index (κ3) is 5.70. The first-order valence-corrected chi connectivity index (χ1v) is 9.78. The van der Waals surface area contributed by atoms with Crippen LogP contribution in [0.1, 0.15) is 16.7 Å².